The van der Waals surface area contributed by atoms with E-state index in [0.717, 1.165) is 18.1 Å². The topological polar surface area (TPSA) is 204 Å². The number of imidazole rings is 2. The lowest BCUT2D eigenvalue weighted by Gasteiger charge is -2.31. The van der Waals surface area contributed by atoms with Crippen LogP contribution in [0.25, 0.3) is 22.3 Å². The molecule has 278 valence electrons. The van der Waals surface area contributed by atoms with E-state index in [1.54, 1.807) is 10.9 Å². The molecule has 17 nitrogen and oxygen atoms in total. The number of ether oxygens (including phenoxy) is 6. The van der Waals surface area contributed by atoms with E-state index in [2.05, 4.69) is 57.5 Å². The van der Waals surface area contributed by atoms with Gasteiger partial charge in [-0.25, -0.2) is 29.9 Å². The maximum absolute atomic E-state index is 6.75. The van der Waals surface area contributed by atoms with E-state index in [1.807, 2.05) is 32.3 Å². The van der Waals surface area contributed by atoms with Gasteiger partial charge in [0.15, 0.2) is 66.6 Å². The lowest BCUT2D eigenvalue weighted by molar-refractivity contribution is -0.199. The molecule has 4 aromatic rings. The molecule has 4 N–H and O–H groups in total. The quantitative estimate of drug-likeness (QED) is 0.187. The van der Waals surface area contributed by atoms with Crippen molar-refractivity contribution in [1.29, 1.82) is 0 Å². The van der Waals surface area contributed by atoms with Crippen LogP contribution in [0.2, 0.25) is 18.1 Å². The summed E-state index contributed by atoms with van der Waals surface area (Å²) in [5, 5.41) is 0. The van der Waals surface area contributed by atoms with Crippen LogP contribution in [0.5, 0.6) is 0 Å². The second-order valence-electron chi connectivity index (χ2n) is 14.6. The summed E-state index contributed by atoms with van der Waals surface area (Å²) in [6, 6.07) is 3.08. The zero-order chi connectivity index (χ0) is 36.6. The number of aromatic nitrogens is 8. The van der Waals surface area contributed by atoms with Gasteiger partial charge < -0.3 is 44.3 Å². The minimum absolute atomic E-state index is 0.232. The Morgan fingerprint density at radius 2 is 1.33 bits per heavy atom. The summed E-state index contributed by atoms with van der Waals surface area (Å²) in [6.45, 7) is 14.6. The Balaban J connectivity index is 1.11. The Morgan fingerprint density at radius 1 is 0.750 bits per heavy atom. The molecule has 8 rings (SSSR count). The first kappa shape index (κ1) is 35.2. The second-order valence-corrected chi connectivity index (χ2v) is 19.4. The van der Waals surface area contributed by atoms with Crippen LogP contribution in [-0.4, -0.2) is 102 Å². The molecule has 4 saturated heterocycles. The van der Waals surface area contributed by atoms with E-state index in [0.29, 0.717) is 41.2 Å². The Hall–Kier alpha value is -3.80. The highest BCUT2D eigenvalue weighted by molar-refractivity contribution is 6.73. The first-order chi connectivity index (χ1) is 24.9. The van der Waals surface area contributed by atoms with Crippen molar-refractivity contribution in [3.63, 3.8) is 0 Å². The summed E-state index contributed by atoms with van der Waals surface area (Å²) in [4.78, 5) is 26.5. The molecule has 0 radical (unpaired) electrons. The number of hydrogen-bond donors (Lipinski definition) is 2. The smallest absolute Gasteiger partial charge is 0.192 e. The third kappa shape index (κ3) is 5.93. The van der Waals surface area contributed by atoms with Crippen molar-refractivity contribution in [3.05, 3.63) is 24.8 Å². The summed E-state index contributed by atoms with van der Waals surface area (Å²) in [7, 11) is -1.91. The fourth-order valence-corrected chi connectivity index (χ4v) is 10.5. The van der Waals surface area contributed by atoms with E-state index < -0.39 is 56.8 Å². The molecule has 4 aromatic heterocycles. The van der Waals surface area contributed by atoms with Gasteiger partial charge in [0.2, 0.25) is 0 Å². The number of fused-ring (bicyclic) bond motifs is 4. The lowest BCUT2D eigenvalue weighted by Crippen LogP contribution is -2.41. The zero-order valence-electron chi connectivity index (χ0n) is 30.5. The van der Waals surface area contributed by atoms with Crippen LogP contribution in [0, 0.1) is 11.8 Å². The monoisotopic (exact) mass is 734 g/mol. The van der Waals surface area contributed by atoms with Crippen molar-refractivity contribution in [2.24, 2.45) is 0 Å². The molecule has 0 spiro atoms. The largest absolute Gasteiger partial charge is 0.414 e. The van der Waals surface area contributed by atoms with Crippen molar-refractivity contribution in [2.75, 3.05) is 18.1 Å². The van der Waals surface area contributed by atoms with Crippen LogP contribution in [-0.2, 0) is 32.8 Å². The van der Waals surface area contributed by atoms with Gasteiger partial charge in [-0.05, 0) is 51.7 Å². The van der Waals surface area contributed by atoms with Gasteiger partial charge in [0, 0.05) is 6.42 Å². The van der Waals surface area contributed by atoms with Crippen molar-refractivity contribution in [1.82, 2.24) is 39.0 Å². The molecule has 0 aliphatic carbocycles. The van der Waals surface area contributed by atoms with Gasteiger partial charge in [0.1, 0.15) is 54.8 Å². The van der Waals surface area contributed by atoms with Crippen LogP contribution in [0.4, 0.5) is 11.6 Å². The van der Waals surface area contributed by atoms with Crippen molar-refractivity contribution < 1.29 is 32.8 Å². The second kappa shape index (κ2) is 12.9. The normalized spacial score (nSPS) is 30.5. The van der Waals surface area contributed by atoms with Crippen LogP contribution in [0.15, 0.2) is 19.0 Å². The van der Waals surface area contributed by atoms with Crippen molar-refractivity contribution in [2.45, 2.75) is 134 Å². The third-order valence-electron chi connectivity index (χ3n) is 10.7. The first-order valence-corrected chi connectivity index (χ1v) is 20.5. The Bertz CT molecular complexity index is 2030. The van der Waals surface area contributed by atoms with Gasteiger partial charge in [-0.15, -0.1) is 0 Å². The van der Waals surface area contributed by atoms with E-state index >= 15 is 0 Å². The lowest BCUT2D eigenvalue weighted by atomic mass is 10.1. The number of nitrogen functional groups attached to an aromatic ring is 2. The molecular weight excluding hydrogens is 689 g/mol. The molecule has 8 heterocycles. The average Bonchev–Trinajstić information content (AvgIpc) is 3.94. The molecule has 0 unspecified atom stereocenters. The van der Waals surface area contributed by atoms with Crippen LogP contribution < -0.4 is 11.5 Å². The molecule has 4 aliphatic rings. The van der Waals surface area contributed by atoms with Gasteiger partial charge in [-0.2, -0.15) is 0 Å². The average molecular weight is 735 g/mol. The number of rotatable bonds is 9. The number of nitrogens with zero attached hydrogens (tertiary/aromatic N) is 8. The van der Waals surface area contributed by atoms with Crippen LogP contribution in [0.1, 0.15) is 73.2 Å². The molecule has 4 fully saturated rings. The Morgan fingerprint density at radius 3 is 2.00 bits per heavy atom. The van der Waals surface area contributed by atoms with Crippen LogP contribution >= 0.6 is 0 Å². The Labute approximate surface area is 302 Å². The van der Waals surface area contributed by atoms with Gasteiger partial charge >= 0.3 is 0 Å². The minimum atomic E-state index is -1.91. The molecule has 4 aliphatic heterocycles. The van der Waals surface area contributed by atoms with Gasteiger partial charge in [0.05, 0.1) is 12.9 Å². The maximum atomic E-state index is 6.75. The van der Waals surface area contributed by atoms with Crippen LogP contribution in [0.3, 0.4) is 0 Å². The zero-order valence-corrected chi connectivity index (χ0v) is 31.5. The fraction of sp³-hybridized carbons (Fsp3) is 0.647. The van der Waals surface area contributed by atoms with E-state index in [-0.39, 0.29) is 23.8 Å². The van der Waals surface area contributed by atoms with E-state index in [4.69, 9.17) is 49.3 Å². The van der Waals surface area contributed by atoms with Gasteiger partial charge in [0.25, 0.3) is 0 Å². The summed E-state index contributed by atoms with van der Waals surface area (Å²) in [5.74, 6) is 5.80. The third-order valence-corrected chi connectivity index (χ3v) is 15.3. The number of nitrogens with two attached hydrogens (primary N) is 2. The summed E-state index contributed by atoms with van der Waals surface area (Å²) in [5.41, 5.74) is 14.3. The van der Waals surface area contributed by atoms with Gasteiger partial charge in [-0.1, -0.05) is 26.7 Å². The summed E-state index contributed by atoms with van der Waals surface area (Å²) < 4.78 is 49.3. The van der Waals surface area contributed by atoms with E-state index in [1.165, 1.54) is 12.7 Å². The highest BCUT2D eigenvalue weighted by Crippen LogP contribution is 2.46. The minimum Gasteiger partial charge on any atom is -0.414 e. The maximum Gasteiger partial charge on any atom is 0.192 e. The summed E-state index contributed by atoms with van der Waals surface area (Å²) >= 11 is 0. The van der Waals surface area contributed by atoms with Crippen molar-refractivity contribution in [3.8, 4) is 11.8 Å². The predicted octanol–water partition coefficient (Wildman–Crippen LogP) is 3.43. The van der Waals surface area contributed by atoms with Gasteiger partial charge in [-0.3, -0.25) is 9.13 Å². The molecule has 0 amide bonds. The molecule has 0 saturated carbocycles. The Kier molecular flexibility index (Phi) is 8.77. The molecular formula is C34H46N10O7Si. The SMILES string of the molecule is CC[Si](CC)(CC)OC[C@H]1O[C@@H](n2c(C#CC[C@H]3O[C@@H](n4cnc5c(N)ncnc54)[C@@H]4OC(C)(C)O[C@@H]43)nc3c(N)ncnc32)[C@@H]2OC(C)(C)O[C@@H]21. The predicted molar refractivity (Wildman–Crippen MR) is 190 cm³/mol. The molecule has 18 heteroatoms. The molecule has 0 aromatic carbocycles. The molecule has 52 heavy (non-hydrogen) atoms. The summed E-state index contributed by atoms with van der Waals surface area (Å²) in [6.07, 6.45) is 0.925. The number of anilines is 2. The first-order valence-electron chi connectivity index (χ1n) is 17.9. The van der Waals surface area contributed by atoms with Crippen molar-refractivity contribution >= 4 is 42.3 Å². The highest BCUT2D eigenvalue weighted by atomic mass is 28.4. The number of hydrogen-bond acceptors (Lipinski definition) is 15. The van der Waals surface area contributed by atoms with E-state index in [9.17, 15) is 0 Å². The standard InChI is InChI=1S/C34H46N10O7Si/c1-8-52(9-2,10-3)45-14-19-24-26(51-34(6,7)49-24)32(47-19)44-20(42-22-28(36)38-16-40-30(22)44)13-11-12-18-23-25(50-33(4,5)48-23)31(46-18)43-17-41-21-27(35)37-15-39-29(21)43/h15-19,23-26,31-32H,8-10,12,14H2,1-7H3,(H2,35,37,39)(H2,36,38,40)/t18-,19-,23-,24-,25-,26-,31-,32-/m1/s1. The molecule has 0 bridgehead atoms. The fourth-order valence-electron chi connectivity index (χ4n) is 7.91. The molecule has 8 atom stereocenters. The highest BCUT2D eigenvalue weighted by Gasteiger charge is 2.58.